The first kappa shape index (κ1) is 25.4. The molecule has 194 valence electrons. The lowest BCUT2D eigenvalue weighted by atomic mass is 10.0. The Morgan fingerprint density at radius 2 is 1.84 bits per heavy atom. The van der Waals surface area contributed by atoms with Crippen molar-refractivity contribution in [1.29, 1.82) is 0 Å². The zero-order valence-corrected chi connectivity index (χ0v) is 21.0. The summed E-state index contributed by atoms with van der Waals surface area (Å²) in [6.07, 6.45) is -2.28. The summed E-state index contributed by atoms with van der Waals surface area (Å²) in [7, 11) is 0. The van der Waals surface area contributed by atoms with Gasteiger partial charge in [0, 0.05) is 10.6 Å². The molecule has 2 aromatic carbocycles. The molecule has 0 saturated heterocycles. The second-order valence-electron chi connectivity index (χ2n) is 8.91. The lowest BCUT2D eigenvalue weighted by Crippen LogP contribution is -2.16. The van der Waals surface area contributed by atoms with Crippen LogP contribution in [-0.2, 0) is 12.7 Å². The van der Waals surface area contributed by atoms with E-state index in [-0.39, 0.29) is 28.8 Å². The molecule has 0 radical (unpaired) electrons. The molecule has 3 heterocycles. The number of fused-ring (bicyclic) bond motifs is 1. The average Bonchev–Trinajstić information content (AvgIpc) is 3.51. The molecule has 5 aromatic rings. The van der Waals surface area contributed by atoms with Crippen LogP contribution in [0.3, 0.4) is 0 Å². The number of alkyl halides is 3. The van der Waals surface area contributed by atoms with E-state index < -0.39 is 17.8 Å². The first-order valence-electron chi connectivity index (χ1n) is 11.6. The van der Waals surface area contributed by atoms with Crippen LogP contribution >= 0.6 is 11.6 Å². The predicted molar refractivity (Wildman–Crippen MR) is 136 cm³/mol. The highest BCUT2D eigenvalue weighted by molar-refractivity contribution is 6.31. The minimum absolute atomic E-state index is 0.0297. The third kappa shape index (κ3) is 5.10. The molecule has 5 rings (SSSR count). The highest BCUT2D eigenvalue weighted by Gasteiger charge is 2.36. The second-order valence-corrected chi connectivity index (χ2v) is 9.31. The van der Waals surface area contributed by atoms with E-state index in [9.17, 15) is 18.0 Å². The first-order chi connectivity index (χ1) is 18.1. The van der Waals surface area contributed by atoms with Gasteiger partial charge in [0.05, 0.1) is 18.4 Å². The summed E-state index contributed by atoms with van der Waals surface area (Å²) < 4.78 is 43.9. The van der Waals surface area contributed by atoms with Gasteiger partial charge in [-0.1, -0.05) is 67.9 Å². The average molecular weight is 540 g/mol. The summed E-state index contributed by atoms with van der Waals surface area (Å²) in [5.74, 6) is -0.515. The highest BCUT2D eigenvalue weighted by atomic mass is 35.5. The number of nitrogens with one attached hydrogen (secondary N) is 1. The molecule has 0 spiro atoms. The molecule has 3 aromatic heterocycles. The Morgan fingerprint density at radius 1 is 1.11 bits per heavy atom. The predicted octanol–water partition coefficient (Wildman–Crippen LogP) is 6.08. The van der Waals surface area contributed by atoms with Gasteiger partial charge in [0.15, 0.2) is 11.3 Å². The molecule has 0 unspecified atom stereocenters. The summed E-state index contributed by atoms with van der Waals surface area (Å²) >= 11 is 6.18. The third-order valence-electron chi connectivity index (χ3n) is 5.93. The van der Waals surface area contributed by atoms with Crippen molar-refractivity contribution < 1.29 is 18.0 Å². The van der Waals surface area contributed by atoms with Crippen LogP contribution in [0.15, 0.2) is 67.1 Å². The van der Waals surface area contributed by atoms with Crippen molar-refractivity contribution in [2.24, 2.45) is 0 Å². The van der Waals surface area contributed by atoms with E-state index in [1.54, 1.807) is 24.3 Å². The highest BCUT2D eigenvalue weighted by Crippen LogP contribution is 2.33. The van der Waals surface area contributed by atoms with E-state index in [0.717, 1.165) is 23.4 Å². The van der Waals surface area contributed by atoms with E-state index in [2.05, 4.69) is 25.5 Å². The van der Waals surface area contributed by atoms with Crippen molar-refractivity contribution in [3.05, 3.63) is 94.5 Å². The van der Waals surface area contributed by atoms with Crippen LogP contribution < -0.4 is 5.32 Å². The van der Waals surface area contributed by atoms with Gasteiger partial charge in [-0.15, -0.1) is 5.10 Å². The fourth-order valence-corrected chi connectivity index (χ4v) is 4.11. The molecular weight excluding hydrogens is 519 g/mol. The van der Waals surface area contributed by atoms with Gasteiger partial charge in [-0.05, 0) is 29.2 Å². The lowest BCUT2D eigenvalue weighted by molar-refractivity contribution is -0.142. The van der Waals surface area contributed by atoms with Crippen LogP contribution in [0.5, 0.6) is 0 Å². The minimum atomic E-state index is -4.73. The summed E-state index contributed by atoms with van der Waals surface area (Å²) in [6, 6.07) is 15.2. The zero-order chi connectivity index (χ0) is 27.0. The van der Waals surface area contributed by atoms with Crippen molar-refractivity contribution in [2.45, 2.75) is 32.5 Å². The van der Waals surface area contributed by atoms with Gasteiger partial charge in [-0.3, -0.25) is 10.1 Å². The number of halogens is 4. The molecule has 12 heteroatoms. The van der Waals surface area contributed by atoms with Gasteiger partial charge >= 0.3 is 6.18 Å². The molecule has 1 amide bonds. The number of nitrogens with zero attached hydrogens (tertiary/aromatic N) is 6. The number of rotatable bonds is 6. The number of hydrogen-bond donors (Lipinski definition) is 1. The van der Waals surface area contributed by atoms with Gasteiger partial charge in [0.1, 0.15) is 11.9 Å². The van der Waals surface area contributed by atoms with E-state index in [1.165, 1.54) is 11.0 Å². The van der Waals surface area contributed by atoms with Gasteiger partial charge < -0.3 is 0 Å². The van der Waals surface area contributed by atoms with Crippen molar-refractivity contribution in [3.63, 3.8) is 0 Å². The van der Waals surface area contributed by atoms with E-state index in [1.807, 2.05) is 38.1 Å². The summed E-state index contributed by atoms with van der Waals surface area (Å²) in [5.41, 5.74) is 0.946. The van der Waals surface area contributed by atoms with E-state index >= 15 is 0 Å². The fraction of sp³-hybridized carbons (Fsp3) is 0.192. The van der Waals surface area contributed by atoms with Crippen molar-refractivity contribution in [2.75, 3.05) is 5.32 Å². The summed E-state index contributed by atoms with van der Waals surface area (Å²) in [4.78, 5) is 21.5. The van der Waals surface area contributed by atoms with Crippen molar-refractivity contribution >= 4 is 29.1 Å². The monoisotopic (exact) mass is 539 g/mol. The third-order valence-corrected chi connectivity index (χ3v) is 6.30. The van der Waals surface area contributed by atoms with Crippen LogP contribution in [0.1, 0.15) is 46.9 Å². The number of carbonyl (C=O) groups is 1. The van der Waals surface area contributed by atoms with Gasteiger partial charge in [-0.25, -0.2) is 19.2 Å². The van der Waals surface area contributed by atoms with Gasteiger partial charge in [0.25, 0.3) is 5.91 Å². The zero-order valence-electron chi connectivity index (χ0n) is 20.2. The van der Waals surface area contributed by atoms with Crippen LogP contribution in [-0.4, -0.2) is 35.3 Å². The number of carbonyl (C=O) groups excluding carboxylic acids is 1. The van der Waals surface area contributed by atoms with Crippen LogP contribution in [0, 0.1) is 0 Å². The maximum Gasteiger partial charge on any atom is 0.433 e. The lowest BCUT2D eigenvalue weighted by Gasteiger charge is -2.12. The Morgan fingerprint density at radius 3 is 2.53 bits per heavy atom. The molecule has 0 aliphatic rings. The quantitative estimate of drug-likeness (QED) is 0.282. The maximum atomic E-state index is 13.9. The summed E-state index contributed by atoms with van der Waals surface area (Å²) in [5, 5.41) is 11.1. The number of benzene rings is 2. The molecule has 0 aliphatic carbocycles. The Bertz CT molecular complexity index is 1620. The Hall–Kier alpha value is -4.25. The topological polar surface area (TPSA) is 90.0 Å². The van der Waals surface area contributed by atoms with Gasteiger partial charge in [-0.2, -0.15) is 18.3 Å². The fourth-order valence-electron chi connectivity index (χ4n) is 3.91. The van der Waals surface area contributed by atoms with Crippen LogP contribution in [0.25, 0.3) is 16.9 Å². The van der Waals surface area contributed by atoms with E-state index in [4.69, 9.17) is 11.6 Å². The second kappa shape index (κ2) is 9.90. The smallest absolute Gasteiger partial charge is 0.289 e. The molecule has 8 nitrogen and oxygen atoms in total. The van der Waals surface area contributed by atoms with Crippen LogP contribution in [0.4, 0.5) is 19.1 Å². The number of anilines is 1. The Balaban J connectivity index is 1.47. The standard InChI is InChI=1S/C26H21ClF3N7O/c1-15(2)16-7-9-17(10-8-16)21-11-22(26(28,29)30)37-23(33-21)19(12-32-37)24(38)34-25-31-14-36(35-25)13-18-5-3-4-6-20(18)27/h3-12,14-15H,13H2,1-2H3,(H,34,35,38). The van der Waals surface area contributed by atoms with Crippen molar-refractivity contribution in [1.82, 2.24) is 29.4 Å². The summed E-state index contributed by atoms with van der Waals surface area (Å²) in [6.45, 7) is 4.36. The minimum Gasteiger partial charge on any atom is -0.289 e. The van der Waals surface area contributed by atoms with E-state index in [0.29, 0.717) is 21.6 Å². The maximum absolute atomic E-state index is 13.9. The largest absolute Gasteiger partial charge is 0.433 e. The van der Waals surface area contributed by atoms with Crippen molar-refractivity contribution in [3.8, 4) is 11.3 Å². The molecule has 0 aliphatic heterocycles. The van der Waals surface area contributed by atoms with Crippen LogP contribution in [0.2, 0.25) is 5.02 Å². The molecule has 1 N–H and O–H groups in total. The molecule has 0 saturated carbocycles. The molecule has 0 atom stereocenters. The Labute approximate surface area is 220 Å². The Kier molecular flexibility index (Phi) is 6.62. The normalized spacial score (nSPS) is 11.9. The molecule has 0 bridgehead atoms. The molecule has 38 heavy (non-hydrogen) atoms. The molecule has 0 fully saturated rings. The van der Waals surface area contributed by atoms with Gasteiger partial charge in [0.2, 0.25) is 5.95 Å². The number of amides is 1. The number of aromatic nitrogens is 6. The molecular formula is C26H21ClF3N7O. The number of hydrogen-bond acceptors (Lipinski definition) is 5. The SMILES string of the molecule is CC(C)c1ccc(-c2cc(C(F)(F)F)n3ncc(C(=O)Nc4ncn(Cc5ccccc5Cl)n4)c3n2)cc1. The first-order valence-corrected chi connectivity index (χ1v) is 12.0.